The number of Topliss-reactive ketones (excluding diaryl/α,β-unsaturated/α-hetero) is 1. The Labute approximate surface area is 106 Å². The largest absolute Gasteiger partial charge is 0.493 e. The maximum atomic E-state index is 13.1. The topological polar surface area (TPSA) is 50.1 Å². The lowest BCUT2D eigenvalue weighted by Crippen LogP contribution is -2.14. The molecule has 0 fully saturated rings. The van der Waals surface area contributed by atoms with Gasteiger partial charge in [-0.05, 0) is 39.3 Å². The van der Waals surface area contributed by atoms with Gasteiger partial charge in [-0.15, -0.1) is 0 Å². The summed E-state index contributed by atoms with van der Waals surface area (Å²) in [5.74, 6) is -0.393. The Balaban J connectivity index is 2.76. The van der Waals surface area contributed by atoms with Crippen molar-refractivity contribution in [2.45, 2.75) is 27.2 Å². The normalized spacial score (nSPS) is 10.8. The first-order valence-corrected chi connectivity index (χ1v) is 5.70. The molecule has 0 saturated carbocycles. The first-order valence-electron chi connectivity index (χ1n) is 5.70. The molecule has 0 unspecified atom stereocenters. The summed E-state index contributed by atoms with van der Waals surface area (Å²) in [6.07, 6.45) is 0.511. The molecule has 0 N–H and O–H groups in total. The molecule has 3 nitrogen and oxygen atoms in total. The number of hydrogen-bond acceptors (Lipinski definition) is 3. The number of ether oxygens (including phenoxy) is 1. The number of benzene rings is 1. The van der Waals surface area contributed by atoms with E-state index >= 15 is 0 Å². The van der Waals surface area contributed by atoms with E-state index in [1.54, 1.807) is 13.8 Å². The van der Waals surface area contributed by atoms with Crippen molar-refractivity contribution in [3.8, 4) is 11.8 Å². The zero-order valence-electron chi connectivity index (χ0n) is 10.8. The molecule has 0 aliphatic heterocycles. The van der Waals surface area contributed by atoms with E-state index in [4.69, 9.17) is 10.00 Å². The van der Waals surface area contributed by atoms with Gasteiger partial charge in [-0.3, -0.25) is 4.79 Å². The second-order valence-electron chi connectivity index (χ2n) is 4.79. The van der Waals surface area contributed by atoms with Gasteiger partial charge in [0.2, 0.25) is 0 Å². The molecule has 0 heterocycles. The summed E-state index contributed by atoms with van der Waals surface area (Å²) in [5, 5.41) is 8.86. The average molecular weight is 249 g/mol. The van der Waals surface area contributed by atoms with Crippen LogP contribution >= 0.6 is 0 Å². The second kappa shape index (κ2) is 5.63. The molecule has 0 aliphatic carbocycles. The molecular weight excluding hydrogens is 233 g/mol. The molecular formula is C14H16FNO2. The summed E-state index contributed by atoms with van der Waals surface area (Å²) >= 11 is 0. The third kappa shape index (κ3) is 3.85. The molecule has 96 valence electrons. The Kier molecular flexibility index (Phi) is 4.43. The van der Waals surface area contributed by atoms with E-state index in [0.717, 1.165) is 0 Å². The third-order valence-electron chi connectivity index (χ3n) is 2.61. The second-order valence-corrected chi connectivity index (χ2v) is 4.79. The first kappa shape index (κ1) is 14.2. The summed E-state index contributed by atoms with van der Waals surface area (Å²) in [6, 6.07) is 5.98. The van der Waals surface area contributed by atoms with E-state index in [1.807, 2.05) is 0 Å². The highest BCUT2D eigenvalue weighted by Gasteiger charge is 2.17. The molecule has 0 aromatic heterocycles. The van der Waals surface area contributed by atoms with Gasteiger partial charge >= 0.3 is 0 Å². The van der Waals surface area contributed by atoms with Crippen molar-refractivity contribution in [2.24, 2.45) is 5.41 Å². The summed E-state index contributed by atoms with van der Waals surface area (Å²) in [4.78, 5) is 11.3. The molecule has 1 rings (SSSR count). The highest BCUT2D eigenvalue weighted by molar-refractivity contribution is 5.96. The Hall–Kier alpha value is -1.89. The molecule has 4 heteroatoms. The Morgan fingerprint density at radius 1 is 1.50 bits per heavy atom. The van der Waals surface area contributed by atoms with E-state index in [2.05, 4.69) is 6.07 Å². The Morgan fingerprint density at radius 3 is 2.72 bits per heavy atom. The fourth-order valence-electron chi connectivity index (χ4n) is 1.38. The van der Waals surface area contributed by atoms with Crippen LogP contribution in [0.3, 0.4) is 0 Å². The first-order chi connectivity index (χ1) is 8.35. The van der Waals surface area contributed by atoms with E-state index in [-0.39, 0.29) is 18.1 Å². The number of carbonyl (C=O) groups excluding carboxylic acids is 1. The van der Waals surface area contributed by atoms with Crippen molar-refractivity contribution in [1.82, 2.24) is 0 Å². The summed E-state index contributed by atoms with van der Waals surface area (Å²) in [7, 11) is 0. The molecule has 0 spiro atoms. The maximum absolute atomic E-state index is 13.1. The standard InChI is InChI=1S/C14H16FNO2/c1-10(17)12-5-4-11(15)8-13(12)18-7-6-14(2,3)9-16/h4-5,8H,6-7H2,1-3H3. The molecule has 0 amide bonds. The maximum Gasteiger partial charge on any atom is 0.163 e. The van der Waals surface area contributed by atoms with E-state index in [1.165, 1.54) is 25.1 Å². The van der Waals surface area contributed by atoms with Gasteiger partial charge < -0.3 is 4.74 Å². The molecule has 1 aromatic carbocycles. The minimum absolute atomic E-state index is 0.176. The Morgan fingerprint density at radius 2 is 2.17 bits per heavy atom. The van der Waals surface area contributed by atoms with E-state index in [0.29, 0.717) is 12.0 Å². The Bertz CT molecular complexity index is 489. The number of carbonyl (C=O) groups is 1. The smallest absolute Gasteiger partial charge is 0.163 e. The summed E-state index contributed by atoms with van der Waals surface area (Å²) in [6.45, 7) is 5.27. The van der Waals surface area contributed by atoms with Crippen LogP contribution in [0.2, 0.25) is 0 Å². The quantitative estimate of drug-likeness (QED) is 0.752. The van der Waals surface area contributed by atoms with Crippen LogP contribution in [0.15, 0.2) is 18.2 Å². The number of ketones is 1. The van der Waals surface area contributed by atoms with Gasteiger partial charge in [0.25, 0.3) is 0 Å². The van der Waals surface area contributed by atoms with Crippen molar-refractivity contribution in [3.63, 3.8) is 0 Å². The van der Waals surface area contributed by atoms with Crippen LogP contribution in [0.25, 0.3) is 0 Å². The molecule has 1 aromatic rings. The molecule has 0 bridgehead atoms. The zero-order valence-corrected chi connectivity index (χ0v) is 10.8. The zero-order chi connectivity index (χ0) is 13.8. The SMILES string of the molecule is CC(=O)c1ccc(F)cc1OCCC(C)(C)C#N. The molecule has 0 aliphatic rings. The van der Waals surface area contributed by atoms with Gasteiger partial charge in [-0.1, -0.05) is 0 Å². The lowest BCUT2D eigenvalue weighted by molar-refractivity contribution is 0.101. The predicted molar refractivity (Wildman–Crippen MR) is 65.9 cm³/mol. The van der Waals surface area contributed by atoms with Crippen molar-refractivity contribution in [3.05, 3.63) is 29.6 Å². The fraction of sp³-hybridized carbons (Fsp3) is 0.429. The minimum Gasteiger partial charge on any atom is -0.493 e. The fourth-order valence-corrected chi connectivity index (χ4v) is 1.38. The van der Waals surface area contributed by atoms with Gasteiger partial charge in [-0.2, -0.15) is 5.26 Å². The summed E-state index contributed by atoms with van der Waals surface area (Å²) in [5.41, 5.74) is -0.143. The molecule has 18 heavy (non-hydrogen) atoms. The lowest BCUT2D eigenvalue weighted by atomic mass is 9.92. The minimum atomic E-state index is -0.496. The van der Waals surface area contributed by atoms with Gasteiger partial charge in [0, 0.05) is 6.07 Å². The number of halogens is 1. The van der Waals surface area contributed by atoms with Crippen LogP contribution in [0, 0.1) is 22.6 Å². The molecule has 0 radical (unpaired) electrons. The van der Waals surface area contributed by atoms with E-state index < -0.39 is 11.2 Å². The van der Waals surface area contributed by atoms with Gasteiger partial charge in [0.15, 0.2) is 5.78 Å². The third-order valence-corrected chi connectivity index (χ3v) is 2.61. The van der Waals surface area contributed by atoms with Gasteiger partial charge in [0.1, 0.15) is 11.6 Å². The number of nitrogens with zero attached hydrogens (tertiary/aromatic N) is 1. The predicted octanol–water partition coefficient (Wildman–Crippen LogP) is 3.35. The monoisotopic (exact) mass is 249 g/mol. The van der Waals surface area contributed by atoms with Crippen molar-refractivity contribution >= 4 is 5.78 Å². The molecule has 0 atom stereocenters. The highest BCUT2D eigenvalue weighted by atomic mass is 19.1. The van der Waals surface area contributed by atoms with Crippen LogP contribution < -0.4 is 4.74 Å². The van der Waals surface area contributed by atoms with Crippen molar-refractivity contribution < 1.29 is 13.9 Å². The van der Waals surface area contributed by atoms with Crippen LogP contribution in [0.5, 0.6) is 5.75 Å². The summed E-state index contributed by atoms with van der Waals surface area (Å²) < 4.78 is 18.5. The van der Waals surface area contributed by atoms with Gasteiger partial charge in [0.05, 0.1) is 23.7 Å². The molecule has 0 saturated heterocycles. The highest BCUT2D eigenvalue weighted by Crippen LogP contribution is 2.23. The number of hydrogen-bond donors (Lipinski definition) is 0. The number of nitriles is 1. The van der Waals surface area contributed by atoms with Crippen molar-refractivity contribution in [2.75, 3.05) is 6.61 Å². The average Bonchev–Trinajstić information content (AvgIpc) is 2.28. The van der Waals surface area contributed by atoms with Crippen LogP contribution in [0.4, 0.5) is 4.39 Å². The van der Waals surface area contributed by atoms with Gasteiger partial charge in [-0.25, -0.2) is 4.39 Å². The van der Waals surface area contributed by atoms with Crippen molar-refractivity contribution in [1.29, 1.82) is 5.26 Å². The lowest BCUT2D eigenvalue weighted by Gasteiger charge is -2.16. The number of rotatable bonds is 5. The van der Waals surface area contributed by atoms with E-state index in [9.17, 15) is 9.18 Å². The van der Waals surface area contributed by atoms with Crippen LogP contribution in [-0.4, -0.2) is 12.4 Å². The van der Waals surface area contributed by atoms with Crippen LogP contribution in [0.1, 0.15) is 37.6 Å². The van der Waals surface area contributed by atoms with Crippen LogP contribution in [-0.2, 0) is 0 Å².